The highest BCUT2D eigenvalue weighted by Crippen LogP contribution is 2.29. The molecule has 4 rings (SSSR count). The van der Waals surface area contributed by atoms with E-state index in [0.29, 0.717) is 17.3 Å². The summed E-state index contributed by atoms with van der Waals surface area (Å²) >= 11 is 7.58. The number of rotatable bonds is 8. The average Bonchev–Trinajstić information content (AvgIpc) is 3.21. The molecule has 0 aliphatic rings. The molecule has 0 N–H and O–H groups in total. The van der Waals surface area contributed by atoms with E-state index < -0.39 is 10.0 Å². The molecule has 0 fully saturated rings. The number of aromatic nitrogens is 3. The molecule has 0 spiro atoms. The van der Waals surface area contributed by atoms with Crippen LogP contribution in [-0.2, 0) is 22.3 Å². The first-order valence-electron chi connectivity index (χ1n) is 10.2. The maximum atomic E-state index is 12.5. The summed E-state index contributed by atoms with van der Waals surface area (Å²) in [5.74, 6) is 1.31. The van der Waals surface area contributed by atoms with Crippen LogP contribution in [0.15, 0.2) is 88.9 Å². The third-order valence-electron chi connectivity index (χ3n) is 5.05. The first-order valence-corrected chi connectivity index (χ1v) is 13.0. The van der Waals surface area contributed by atoms with Crippen LogP contribution < -0.4 is 0 Å². The van der Waals surface area contributed by atoms with E-state index in [0.717, 1.165) is 27.7 Å². The summed E-state index contributed by atoms with van der Waals surface area (Å²) in [6, 6.07) is 24.7. The summed E-state index contributed by atoms with van der Waals surface area (Å²) in [4.78, 5) is 0.276. The Kier molecular flexibility index (Phi) is 7.19. The van der Waals surface area contributed by atoms with Crippen molar-refractivity contribution < 1.29 is 8.42 Å². The average molecular weight is 499 g/mol. The van der Waals surface area contributed by atoms with Crippen molar-refractivity contribution in [3.05, 3.63) is 95.0 Å². The van der Waals surface area contributed by atoms with Gasteiger partial charge in [0.2, 0.25) is 10.0 Å². The fraction of sp³-hybridized carbons (Fsp3) is 0.167. The molecule has 1 heterocycles. The second-order valence-electron chi connectivity index (χ2n) is 7.61. The minimum atomic E-state index is -3.49. The van der Waals surface area contributed by atoms with Gasteiger partial charge >= 0.3 is 0 Å². The Morgan fingerprint density at radius 2 is 1.61 bits per heavy atom. The lowest BCUT2D eigenvalue weighted by Crippen LogP contribution is -2.22. The van der Waals surface area contributed by atoms with Crippen LogP contribution in [0.1, 0.15) is 11.1 Å². The maximum absolute atomic E-state index is 12.5. The smallest absolute Gasteiger partial charge is 0.242 e. The van der Waals surface area contributed by atoms with Crippen LogP contribution in [0.25, 0.3) is 11.4 Å². The molecule has 0 aliphatic carbocycles. The SMILES string of the molecule is CN(C)S(=O)(=O)c1cccc(CSc2nnc(-c3ccc(Cl)cc3)n2Cc2ccccc2)c1. The molecule has 0 saturated carbocycles. The first kappa shape index (κ1) is 23.5. The van der Waals surface area contributed by atoms with Crippen LogP contribution in [0.4, 0.5) is 0 Å². The predicted octanol–water partition coefficient (Wildman–Crippen LogP) is 5.19. The van der Waals surface area contributed by atoms with Gasteiger partial charge in [0.15, 0.2) is 11.0 Å². The second kappa shape index (κ2) is 10.1. The summed E-state index contributed by atoms with van der Waals surface area (Å²) in [5.41, 5.74) is 2.95. The Labute approximate surface area is 203 Å². The highest BCUT2D eigenvalue weighted by molar-refractivity contribution is 7.98. The number of benzene rings is 3. The lowest BCUT2D eigenvalue weighted by Gasteiger charge is -2.13. The Bertz CT molecular complexity index is 1340. The number of sulfonamides is 1. The van der Waals surface area contributed by atoms with Crippen LogP contribution in [0.3, 0.4) is 0 Å². The molecule has 0 bridgehead atoms. The van der Waals surface area contributed by atoms with Crippen molar-refractivity contribution in [3.63, 3.8) is 0 Å². The number of hydrogen-bond donors (Lipinski definition) is 0. The maximum Gasteiger partial charge on any atom is 0.242 e. The molecular weight excluding hydrogens is 476 g/mol. The molecule has 33 heavy (non-hydrogen) atoms. The van der Waals surface area contributed by atoms with Crippen LogP contribution in [0.5, 0.6) is 0 Å². The number of thioether (sulfide) groups is 1. The van der Waals surface area contributed by atoms with Gasteiger partial charge in [0, 0.05) is 30.4 Å². The minimum absolute atomic E-state index is 0.276. The largest absolute Gasteiger partial charge is 0.298 e. The van der Waals surface area contributed by atoms with E-state index in [2.05, 4.69) is 26.9 Å². The zero-order valence-corrected chi connectivity index (χ0v) is 20.6. The van der Waals surface area contributed by atoms with E-state index in [1.165, 1.54) is 30.2 Å². The molecule has 0 radical (unpaired) electrons. The molecule has 4 aromatic rings. The molecule has 1 aromatic heterocycles. The van der Waals surface area contributed by atoms with Crippen LogP contribution in [0.2, 0.25) is 5.02 Å². The molecule has 0 amide bonds. The molecule has 0 atom stereocenters. The van der Waals surface area contributed by atoms with Crippen LogP contribution in [0, 0.1) is 0 Å². The van der Waals surface area contributed by atoms with Gasteiger partial charge in [-0.15, -0.1) is 10.2 Å². The van der Waals surface area contributed by atoms with Crippen LogP contribution >= 0.6 is 23.4 Å². The number of nitrogens with zero attached hydrogens (tertiary/aromatic N) is 4. The lowest BCUT2D eigenvalue weighted by molar-refractivity contribution is 0.520. The second-order valence-corrected chi connectivity index (χ2v) is 11.1. The van der Waals surface area contributed by atoms with Crippen molar-refractivity contribution in [2.45, 2.75) is 22.3 Å². The number of halogens is 1. The molecule has 0 aliphatic heterocycles. The minimum Gasteiger partial charge on any atom is -0.298 e. The summed E-state index contributed by atoms with van der Waals surface area (Å²) in [6.45, 7) is 0.614. The zero-order chi connectivity index (χ0) is 23.4. The van der Waals surface area contributed by atoms with Gasteiger partial charge in [-0.2, -0.15) is 0 Å². The third-order valence-corrected chi connectivity index (χ3v) is 8.15. The quantitative estimate of drug-likeness (QED) is 0.313. The monoisotopic (exact) mass is 498 g/mol. The Morgan fingerprint density at radius 3 is 2.30 bits per heavy atom. The van der Waals surface area contributed by atoms with Crippen molar-refractivity contribution in [1.82, 2.24) is 19.1 Å². The van der Waals surface area contributed by atoms with E-state index >= 15 is 0 Å². The molecule has 3 aromatic carbocycles. The fourth-order valence-corrected chi connectivity index (χ4v) is 5.25. The van der Waals surface area contributed by atoms with Gasteiger partial charge in [-0.05, 0) is 47.5 Å². The van der Waals surface area contributed by atoms with Crippen molar-refractivity contribution in [2.75, 3.05) is 14.1 Å². The summed E-state index contributed by atoms with van der Waals surface area (Å²) in [7, 11) is -0.429. The molecule has 170 valence electrons. The Balaban J connectivity index is 1.63. The molecule has 9 heteroatoms. The van der Waals surface area contributed by atoms with Gasteiger partial charge in [0.05, 0.1) is 11.4 Å². The first-order chi connectivity index (χ1) is 15.8. The van der Waals surface area contributed by atoms with Gasteiger partial charge in [0.25, 0.3) is 0 Å². The highest BCUT2D eigenvalue weighted by atomic mass is 35.5. The summed E-state index contributed by atoms with van der Waals surface area (Å²) in [6.07, 6.45) is 0. The summed E-state index contributed by atoms with van der Waals surface area (Å²) < 4.78 is 28.3. The normalized spacial score (nSPS) is 11.8. The van der Waals surface area contributed by atoms with Crippen molar-refractivity contribution in [2.24, 2.45) is 0 Å². The van der Waals surface area contributed by atoms with E-state index in [-0.39, 0.29) is 4.90 Å². The zero-order valence-electron chi connectivity index (χ0n) is 18.2. The topological polar surface area (TPSA) is 68.1 Å². The van der Waals surface area contributed by atoms with Gasteiger partial charge < -0.3 is 0 Å². The van der Waals surface area contributed by atoms with Gasteiger partial charge in [0.1, 0.15) is 0 Å². The number of hydrogen-bond acceptors (Lipinski definition) is 5. The molecule has 0 saturated heterocycles. The van der Waals surface area contributed by atoms with E-state index in [4.69, 9.17) is 11.6 Å². The van der Waals surface area contributed by atoms with Crippen molar-refractivity contribution in [1.29, 1.82) is 0 Å². The van der Waals surface area contributed by atoms with E-state index in [9.17, 15) is 8.42 Å². The van der Waals surface area contributed by atoms with E-state index in [1.54, 1.807) is 18.2 Å². The predicted molar refractivity (Wildman–Crippen MR) is 133 cm³/mol. The molecular formula is C24H23ClN4O2S2. The van der Waals surface area contributed by atoms with Gasteiger partial charge in [-0.25, -0.2) is 12.7 Å². The fourth-order valence-electron chi connectivity index (χ4n) is 3.27. The standard InChI is InChI=1S/C24H23ClN4O2S2/c1-28(2)33(30,31)22-10-6-9-19(15-22)17-32-24-27-26-23(20-11-13-21(25)14-12-20)29(24)16-18-7-4-3-5-8-18/h3-15H,16-17H2,1-2H3. The Hall–Kier alpha value is -2.65. The lowest BCUT2D eigenvalue weighted by atomic mass is 10.2. The highest BCUT2D eigenvalue weighted by Gasteiger charge is 2.18. The molecule has 0 unspecified atom stereocenters. The van der Waals surface area contributed by atoms with Crippen LogP contribution in [-0.4, -0.2) is 41.6 Å². The molecule has 6 nitrogen and oxygen atoms in total. The van der Waals surface area contributed by atoms with Crippen molar-refractivity contribution in [3.8, 4) is 11.4 Å². The van der Waals surface area contributed by atoms with E-state index in [1.807, 2.05) is 48.5 Å². The Morgan fingerprint density at radius 1 is 0.909 bits per heavy atom. The van der Waals surface area contributed by atoms with Gasteiger partial charge in [-0.1, -0.05) is 65.8 Å². The van der Waals surface area contributed by atoms with Gasteiger partial charge in [-0.3, -0.25) is 4.57 Å². The third kappa shape index (κ3) is 5.47. The summed E-state index contributed by atoms with van der Waals surface area (Å²) in [5, 5.41) is 10.3. The van der Waals surface area contributed by atoms with Crippen molar-refractivity contribution >= 4 is 33.4 Å².